The SMILES string of the molecule is O=C(O)/C=C/CNC(=O)[C@H]1CCCC[C@H]1CNC(=O)OCC1c2ccccc2-c2ccccc21. The molecular formula is C27H30N2O5. The number of fused-ring (bicyclic) bond motifs is 3. The molecule has 2 aliphatic carbocycles. The molecule has 0 saturated heterocycles. The summed E-state index contributed by atoms with van der Waals surface area (Å²) >= 11 is 0. The number of carbonyl (C=O) groups excluding carboxylic acids is 2. The van der Waals surface area contributed by atoms with Crippen LogP contribution in [-0.2, 0) is 14.3 Å². The Kier molecular flexibility index (Phi) is 7.62. The second-order valence-electron chi connectivity index (χ2n) is 8.84. The van der Waals surface area contributed by atoms with Crippen LogP contribution < -0.4 is 10.6 Å². The van der Waals surface area contributed by atoms with E-state index >= 15 is 0 Å². The van der Waals surface area contributed by atoms with Gasteiger partial charge in [-0.2, -0.15) is 0 Å². The van der Waals surface area contributed by atoms with E-state index < -0.39 is 12.1 Å². The van der Waals surface area contributed by atoms with Gasteiger partial charge in [-0.3, -0.25) is 4.79 Å². The highest BCUT2D eigenvalue weighted by atomic mass is 16.5. The largest absolute Gasteiger partial charge is 0.478 e. The Hall–Kier alpha value is -3.61. The number of carboxylic acids is 1. The number of rotatable bonds is 8. The molecule has 2 aromatic rings. The summed E-state index contributed by atoms with van der Waals surface area (Å²) in [5, 5.41) is 14.3. The molecule has 0 aliphatic heterocycles. The maximum atomic E-state index is 12.6. The normalized spacial score (nSPS) is 19.3. The fraction of sp³-hybridized carbons (Fsp3) is 0.370. The van der Waals surface area contributed by atoms with Crippen molar-refractivity contribution in [1.29, 1.82) is 0 Å². The van der Waals surface area contributed by atoms with Gasteiger partial charge in [-0.05, 0) is 41.0 Å². The van der Waals surface area contributed by atoms with E-state index in [4.69, 9.17) is 9.84 Å². The molecule has 7 nitrogen and oxygen atoms in total. The fourth-order valence-electron chi connectivity index (χ4n) is 5.11. The van der Waals surface area contributed by atoms with Crippen molar-refractivity contribution in [2.75, 3.05) is 19.7 Å². The van der Waals surface area contributed by atoms with Gasteiger partial charge >= 0.3 is 12.1 Å². The van der Waals surface area contributed by atoms with Crippen molar-refractivity contribution in [3.05, 3.63) is 71.8 Å². The third-order valence-electron chi connectivity index (χ3n) is 6.75. The molecule has 3 N–H and O–H groups in total. The summed E-state index contributed by atoms with van der Waals surface area (Å²) in [4.78, 5) is 35.7. The van der Waals surface area contributed by atoms with E-state index in [2.05, 4.69) is 34.9 Å². The van der Waals surface area contributed by atoms with Crippen LogP contribution in [0.2, 0.25) is 0 Å². The minimum atomic E-state index is -1.04. The van der Waals surface area contributed by atoms with Crippen LogP contribution in [0.3, 0.4) is 0 Å². The van der Waals surface area contributed by atoms with Crippen molar-refractivity contribution in [3.63, 3.8) is 0 Å². The predicted octanol–water partition coefficient (Wildman–Crippen LogP) is 4.09. The zero-order valence-electron chi connectivity index (χ0n) is 19.0. The lowest BCUT2D eigenvalue weighted by Crippen LogP contribution is -2.42. The maximum Gasteiger partial charge on any atom is 0.407 e. The number of carbonyl (C=O) groups is 3. The summed E-state index contributed by atoms with van der Waals surface area (Å²) in [7, 11) is 0. The summed E-state index contributed by atoms with van der Waals surface area (Å²) in [6, 6.07) is 16.4. The summed E-state index contributed by atoms with van der Waals surface area (Å²) in [6.45, 7) is 0.804. The molecule has 2 aliphatic rings. The molecule has 4 rings (SSSR count). The van der Waals surface area contributed by atoms with E-state index in [9.17, 15) is 14.4 Å². The van der Waals surface area contributed by atoms with Gasteiger partial charge in [-0.1, -0.05) is 67.4 Å². The van der Waals surface area contributed by atoms with E-state index in [1.165, 1.54) is 17.2 Å². The van der Waals surface area contributed by atoms with Crippen LogP contribution in [0, 0.1) is 11.8 Å². The Bertz CT molecular complexity index is 1030. The van der Waals surface area contributed by atoms with Crippen LogP contribution >= 0.6 is 0 Å². The highest BCUT2D eigenvalue weighted by Gasteiger charge is 2.32. The van der Waals surface area contributed by atoms with Gasteiger partial charge in [0.2, 0.25) is 5.91 Å². The Morgan fingerprint density at radius 2 is 1.59 bits per heavy atom. The number of benzene rings is 2. The van der Waals surface area contributed by atoms with Gasteiger partial charge in [0.25, 0.3) is 0 Å². The van der Waals surface area contributed by atoms with Gasteiger partial charge in [0, 0.05) is 31.0 Å². The van der Waals surface area contributed by atoms with Gasteiger partial charge in [0.05, 0.1) is 0 Å². The molecule has 2 aromatic carbocycles. The average molecular weight is 463 g/mol. The van der Waals surface area contributed by atoms with Crippen LogP contribution in [0.5, 0.6) is 0 Å². The molecule has 0 radical (unpaired) electrons. The summed E-state index contributed by atoms with van der Waals surface area (Å²) < 4.78 is 5.61. The van der Waals surface area contributed by atoms with Crippen LogP contribution in [0.25, 0.3) is 11.1 Å². The first-order valence-corrected chi connectivity index (χ1v) is 11.8. The molecule has 0 unspecified atom stereocenters. The number of aliphatic carboxylic acids is 1. The molecule has 1 fully saturated rings. The molecule has 0 spiro atoms. The van der Waals surface area contributed by atoms with Crippen molar-refractivity contribution in [2.24, 2.45) is 11.8 Å². The topological polar surface area (TPSA) is 105 Å². The van der Waals surface area contributed by atoms with E-state index in [0.717, 1.165) is 42.9 Å². The molecule has 34 heavy (non-hydrogen) atoms. The number of hydrogen-bond acceptors (Lipinski definition) is 4. The first-order chi connectivity index (χ1) is 16.5. The van der Waals surface area contributed by atoms with Gasteiger partial charge in [-0.15, -0.1) is 0 Å². The Morgan fingerprint density at radius 1 is 0.941 bits per heavy atom. The van der Waals surface area contributed by atoms with Crippen molar-refractivity contribution < 1.29 is 24.2 Å². The van der Waals surface area contributed by atoms with Crippen LogP contribution in [0.15, 0.2) is 60.7 Å². The molecule has 1 saturated carbocycles. The van der Waals surface area contributed by atoms with Crippen molar-refractivity contribution in [2.45, 2.75) is 31.6 Å². The molecule has 2 amide bonds. The van der Waals surface area contributed by atoms with Gasteiger partial charge in [0.1, 0.15) is 6.61 Å². The number of amides is 2. The van der Waals surface area contributed by atoms with Gasteiger partial charge in [0.15, 0.2) is 0 Å². The summed E-state index contributed by atoms with van der Waals surface area (Å²) in [6.07, 6.45) is 5.53. The lowest BCUT2D eigenvalue weighted by molar-refractivity contribution is -0.131. The molecule has 7 heteroatoms. The Balaban J connectivity index is 1.29. The standard InChI is InChI=1S/C27H30N2O5/c30-25(31)14-7-15-28-26(32)19-9-2-1-8-18(19)16-29-27(33)34-17-24-22-12-5-3-10-20(22)21-11-4-6-13-23(21)24/h3-7,10-14,18-19,24H,1-2,8-9,15-17H2,(H,28,32)(H,29,33)(H,30,31)/b14-7+/t18-,19-/m0/s1. The minimum Gasteiger partial charge on any atom is -0.478 e. The second-order valence-corrected chi connectivity index (χ2v) is 8.84. The third-order valence-corrected chi connectivity index (χ3v) is 6.75. The van der Waals surface area contributed by atoms with Gasteiger partial charge < -0.3 is 20.5 Å². The second kappa shape index (κ2) is 11.0. The maximum absolute atomic E-state index is 12.6. The predicted molar refractivity (Wildman–Crippen MR) is 128 cm³/mol. The first-order valence-electron chi connectivity index (χ1n) is 11.8. The van der Waals surface area contributed by atoms with Crippen molar-refractivity contribution >= 4 is 18.0 Å². The Morgan fingerprint density at radius 3 is 2.26 bits per heavy atom. The van der Waals surface area contributed by atoms with Crippen LogP contribution in [-0.4, -0.2) is 42.8 Å². The molecular weight excluding hydrogens is 432 g/mol. The highest BCUT2D eigenvalue weighted by Crippen LogP contribution is 2.44. The molecule has 2 atom stereocenters. The third kappa shape index (κ3) is 5.47. The number of nitrogens with one attached hydrogen (secondary N) is 2. The Labute approximate surface area is 199 Å². The molecule has 0 aromatic heterocycles. The molecule has 0 heterocycles. The molecule has 0 bridgehead atoms. The quantitative estimate of drug-likeness (QED) is 0.513. The van der Waals surface area contributed by atoms with Crippen molar-refractivity contribution in [1.82, 2.24) is 10.6 Å². The molecule has 178 valence electrons. The summed E-state index contributed by atoms with van der Waals surface area (Å²) in [5.74, 6) is -1.32. The van der Waals surface area contributed by atoms with Crippen molar-refractivity contribution in [3.8, 4) is 11.1 Å². The van der Waals surface area contributed by atoms with Crippen LogP contribution in [0.1, 0.15) is 42.7 Å². The van der Waals surface area contributed by atoms with Gasteiger partial charge in [-0.25, -0.2) is 9.59 Å². The zero-order valence-corrected chi connectivity index (χ0v) is 19.0. The van der Waals surface area contributed by atoms with E-state index in [1.54, 1.807) is 0 Å². The average Bonchev–Trinajstić information content (AvgIpc) is 3.17. The minimum absolute atomic E-state index is 0.00483. The number of ether oxygens (including phenoxy) is 1. The fourth-order valence-corrected chi connectivity index (χ4v) is 5.11. The van der Waals surface area contributed by atoms with E-state index in [1.807, 2.05) is 24.3 Å². The number of alkyl carbamates (subject to hydrolysis) is 1. The number of hydrogen-bond donors (Lipinski definition) is 3. The smallest absolute Gasteiger partial charge is 0.407 e. The van der Waals surface area contributed by atoms with E-state index in [0.29, 0.717) is 6.54 Å². The van der Waals surface area contributed by atoms with Crippen LogP contribution in [0.4, 0.5) is 4.79 Å². The van der Waals surface area contributed by atoms with E-state index in [-0.39, 0.29) is 36.8 Å². The monoisotopic (exact) mass is 462 g/mol. The first kappa shape index (κ1) is 23.5. The summed E-state index contributed by atoms with van der Waals surface area (Å²) in [5.41, 5.74) is 4.69. The number of carboxylic acid groups (broad SMARTS) is 1. The zero-order chi connectivity index (χ0) is 23.9. The lowest BCUT2D eigenvalue weighted by Gasteiger charge is -2.30. The lowest BCUT2D eigenvalue weighted by atomic mass is 9.78. The highest BCUT2D eigenvalue weighted by molar-refractivity contribution is 5.81.